The first kappa shape index (κ1) is 23.5. The zero-order valence-electron chi connectivity index (χ0n) is 17.1. The van der Waals surface area contributed by atoms with E-state index in [1.54, 1.807) is 12.4 Å². The van der Waals surface area contributed by atoms with E-state index in [1.165, 1.54) is 26.5 Å². The molecule has 0 fully saturated rings. The summed E-state index contributed by atoms with van der Waals surface area (Å²) in [7, 11) is 0. The largest absolute Gasteiger partial charge is 0.480 e. The third-order valence-electron chi connectivity index (χ3n) is 4.40. The first-order valence-corrected chi connectivity index (χ1v) is 9.52. The first-order valence-electron chi connectivity index (χ1n) is 9.52. The Labute approximate surface area is 177 Å². The van der Waals surface area contributed by atoms with Gasteiger partial charge in [0.2, 0.25) is 17.7 Å². The second kappa shape index (κ2) is 10.9. The minimum Gasteiger partial charge on any atom is -0.480 e. The van der Waals surface area contributed by atoms with Gasteiger partial charge in [0.1, 0.15) is 18.1 Å². The van der Waals surface area contributed by atoms with Crippen molar-refractivity contribution in [2.75, 3.05) is 0 Å². The van der Waals surface area contributed by atoms with E-state index in [2.05, 4.69) is 35.9 Å². The molecule has 2 aromatic heterocycles. The fraction of sp³-hybridized carbons (Fsp3) is 0.444. The monoisotopic (exact) mass is 434 g/mol. The van der Waals surface area contributed by atoms with Crippen LogP contribution in [0.5, 0.6) is 0 Å². The molecule has 2 rings (SSSR count). The van der Waals surface area contributed by atoms with E-state index >= 15 is 0 Å². The summed E-state index contributed by atoms with van der Waals surface area (Å²) in [6.45, 7) is 2.70. The molecule has 2 aromatic rings. The maximum absolute atomic E-state index is 12.8. The number of imidazole rings is 2. The minimum atomic E-state index is -1.21. The maximum Gasteiger partial charge on any atom is 0.325 e. The van der Waals surface area contributed by atoms with E-state index in [9.17, 15) is 19.2 Å². The van der Waals surface area contributed by atoms with Crippen molar-refractivity contribution in [1.82, 2.24) is 35.9 Å². The van der Waals surface area contributed by atoms with Gasteiger partial charge in [-0.15, -0.1) is 0 Å². The summed E-state index contributed by atoms with van der Waals surface area (Å²) in [4.78, 5) is 61.9. The van der Waals surface area contributed by atoms with Crippen molar-refractivity contribution in [1.29, 1.82) is 0 Å². The van der Waals surface area contributed by atoms with Crippen LogP contribution in [0.25, 0.3) is 0 Å². The van der Waals surface area contributed by atoms with E-state index in [0.29, 0.717) is 11.4 Å². The third-order valence-corrected chi connectivity index (χ3v) is 4.40. The smallest absolute Gasteiger partial charge is 0.325 e. The van der Waals surface area contributed by atoms with E-state index in [4.69, 9.17) is 10.8 Å². The molecule has 168 valence electrons. The number of carboxylic acids is 1. The van der Waals surface area contributed by atoms with Crippen LogP contribution in [0.4, 0.5) is 0 Å². The van der Waals surface area contributed by atoms with Gasteiger partial charge in [-0.25, -0.2) is 9.97 Å². The van der Waals surface area contributed by atoms with Crippen LogP contribution >= 0.6 is 0 Å². The molecule has 31 heavy (non-hydrogen) atoms. The van der Waals surface area contributed by atoms with Gasteiger partial charge >= 0.3 is 5.97 Å². The number of hydrogen-bond acceptors (Lipinski definition) is 7. The fourth-order valence-corrected chi connectivity index (χ4v) is 2.60. The van der Waals surface area contributed by atoms with Crippen molar-refractivity contribution in [3.05, 3.63) is 36.4 Å². The predicted molar refractivity (Wildman–Crippen MR) is 107 cm³/mol. The van der Waals surface area contributed by atoms with Crippen LogP contribution in [0.15, 0.2) is 25.0 Å². The molecule has 13 nitrogen and oxygen atoms in total. The van der Waals surface area contributed by atoms with Gasteiger partial charge in [0, 0.05) is 25.2 Å². The Morgan fingerprint density at radius 2 is 1.45 bits per heavy atom. The highest BCUT2D eigenvalue weighted by atomic mass is 16.4. The van der Waals surface area contributed by atoms with Crippen LogP contribution in [0.3, 0.4) is 0 Å². The van der Waals surface area contributed by atoms with E-state index in [1.807, 2.05) is 0 Å². The summed E-state index contributed by atoms with van der Waals surface area (Å²) in [5.74, 6) is -3.10. The van der Waals surface area contributed by atoms with Crippen molar-refractivity contribution in [2.45, 2.75) is 50.9 Å². The number of carboxylic acid groups (broad SMARTS) is 1. The summed E-state index contributed by atoms with van der Waals surface area (Å²) < 4.78 is 0. The van der Waals surface area contributed by atoms with Gasteiger partial charge in [-0.2, -0.15) is 0 Å². The number of aliphatic carboxylic acids is 1. The van der Waals surface area contributed by atoms with Crippen LogP contribution in [0.2, 0.25) is 0 Å². The number of H-pyrrole nitrogens is 2. The number of amides is 3. The molecule has 13 heteroatoms. The van der Waals surface area contributed by atoms with Gasteiger partial charge < -0.3 is 36.8 Å². The third kappa shape index (κ3) is 7.22. The van der Waals surface area contributed by atoms with Crippen LogP contribution < -0.4 is 21.7 Å². The number of nitrogens with one attached hydrogen (secondary N) is 5. The quantitative estimate of drug-likeness (QED) is 0.206. The van der Waals surface area contributed by atoms with Crippen molar-refractivity contribution < 1.29 is 24.3 Å². The minimum absolute atomic E-state index is 0.0517. The zero-order chi connectivity index (χ0) is 23.0. The molecular formula is C18H26N8O5. The van der Waals surface area contributed by atoms with Gasteiger partial charge in [0.25, 0.3) is 0 Å². The van der Waals surface area contributed by atoms with E-state index in [0.717, 1.165) is 0 Å². The molecule has 2 heterocycles. The fourth-order valence-electron chi connectivity index (χ4n) is 2.60. The number of nitrogens with two attached hydrogens (primary N) is 1. The van der Waals surface area contributed by atoms with Gasteiger partial charge in [-0.05, 0) is 13.8 Å². The standard InChI is InChI=1S/C18H26N8O5/c1-9(15(27)25-10(2)18(30)31)24-17(29)14(4-12-6-21-8-23-12)26-16(28)13(19)3-11-5-20-7-22-11/h5-10,13-14H,3-4,19H2,1-2H3,(H,20,22)(H,21,23)(H,24,29)(H,25,27)(H,26,28)(H,30,31)/t9-,10-,13-,14-/m0/s1. The molecule has 0 aliphatic heterocycles. The number of aromatic amines is 2. The molecule has 4 atom stereocenters. The highest BCUT2D eigenvalue weighted by molar-refractivity contribution is 5.94. The summed E-state index contributed by atoms with van der Waals surface area (Å²) in [5, 5.41) is 16.2. The molecule has 0 aromatic carbocycles. The average Bonchev–Trinajstić information content (AvgIpc) is 3.41. The summed E-state index contributed by atoms with van der Waals surface area (Å²) >= 11 is 0. The first-order chi connectivity index (χ1) is 14.7. The highest BCUT2D eigenvalue weighted by Gasteiger charge is 2.28. The molecule has 0 aliphatic carbocycles. The molecule has 0 bridgehead atoms. The van der Waals surface area contributed by atoms with Crippen LogP contribution in [0.1, 0.15) is 25.2 Å². The van der Waals surface area contributed by atoms with E-state index < -0.39 is 47.9 Å². The Balaban J connectivity index is 2.02. The molecule has 0 radical (unpaired) electrons. The second-order valence-electron chi connectivity index (χ2n) is 7.00. The lowest BCUT2D eigenvalue weighted by atomic mass is 10.1. The van der Waals surface area contributed by atoms with Crippen molar-refractivity contribution in [2.24, 2.45) is 5.73 Å². The predicted octanol–water partition coefficient (Wildman–Crippen LogP) is -2.18. The van der Waals surface area contributed by atoms with Crippen LogP contribution in [0, 0.1) is 0 Å². The molecule has 3 amide bonds. The number of carbonyl (C=O) groups excluding carboxylic acids is 3. The molecule has 0 unspecified atom stereocenters. The van der Waals surface area contributed by atoms with Gasteiger partial charge in [-0.3, -0.25) is 19.2 Å². The second-order valence-corrected chi connectivity index (χ2v) is 7.00. The van der Waals surface area contributed by atoms with Gasteiger partial charge in [-0.1, -0.05) is 0 Å². The van der Waals surface area contributed by atoms with Crippen molar-refractivity contribution in [3.8, 4) is 0 Å². The van der Waals surface area contributed by atoms with Gasteiger partial charge in [0.05, 0.1) is 30.1 Å². The summed E-state index contributed by atoms with van der Waals surface area (Å²) in [5.41, 5.74) is 7.03. The van der Waals surface area contributed by atoms with Gasteiger partial charge in [0.15, 0.2) is 0 Å². The van der Waals surface area contributed by atoms with Crippen molar-refractivity contribution >= 4 is 23.7 Å². The SMILES string of the molecule is C[C@H](NC(=O)[C@H](C)NC(=O)[C@H](Cc1c[nH]cn1)NC(=O)[C@@H](N)Cc1c[nH]cn1)C(=O)O. The average molecular weight is 434 g/mol. The number of nitrogens with zero attached hydrogens (tertiary/aromatic N) is 2. The molecule has 0 saturated carbocycles. The zero-order valence-corrected chi connectivity index (χ0v) is 17.1. The van der Waals surface area contributed by atoms with Crippen LogP contribution in [-0.2, 0) is 32.0 Å². The molecular weight excluding hydrogens is 408 g/mol. The topological polar surface area (TPSA) is 208 Å². The lowest BCUT2D eigenvalue weighted by Gasteiger charge is -2.22. The van der Waals surface area contributed by atoms with E-state index in [-0.39, 0.29) is 12.8 Å². The Bertz CT molecular complexity index is 883. The maximum atomic E-state index is 12.8. The number of aromatic nitrogens is 4. The number of carbonyl (C=O) groups is 4. The summed E-state index contributed by atoms with van der Waals surface area (Å²) in [6.07, 6.45) is 6.29. The Morgan fingerprint density at radius 1 is 0.903 bits per heavy atom. The molecule has 0 aliphatic rings. The molecule has 8 N–H and O–H groups in total. The summed E-state index contributed by atoms with van der Waals surface area (Å²) in [6, 6.07) is -4.17. The molecule has 0 spiro atoms. The lowest BCUT2D eigenvalue weighted by molar-refractivity contribution is -0.141. The molecule has 0 saturated heterocycles. The highest BCUT2D eigenvalue weighted by Crippen LogP contribution is 2.02. The van der Waals surface area contributed by atoms with Crippen molar-refractivity contribution in [3.63, 3.8) is 0 Å². The number of hydrogen-bond donors (Lipinski definition) is 7. The number of rotatable bonds is 11. The normalized spacial score (nSPS) is 14.7. The van der Waals surface area contributed by atoms with Crippen LogP contribution in [-0.4, -0.2) is 72.9 Å². The Hall–Kier alpha value is -3.74. The lowest BCUT2D eigenvalue weighted by Crippen LogP contribution is -2.56. The Morgan fingerprint density at radius 3 is 1.97 bits per heavy atom. The Kier molecular flexibility index (Phi) is 8.25.